The molecule has 0 bridgehead atoms. The van der Waals surface area contributed by atoms with Crippen molar-refractivity contribution in [3.05, 3.63) is 30.3 Å². The highest BCUT2D eigenvalue weighted by molar-refractivity contribution is 8.00. The fourth-order valence-electron chi connectivity index (χ4n) is 2.09. The Morgan fingerprint density at radius 3 is 2.55 bits per heavy atom. The van der Waals surface area contributed by atoms with Crippen LogP contribution < -0.4 is 4.90 Å². The van der Waals surface area contributed by atoms with Crippen LogP contribution in [0.25, 0.3) is 0 Å². The summed E-state index contributed by atoms with van der Waals surface area (Å²) < 4.78 is 1.73. The van der Waals surface area contributed by atoms with E-state index in [9.17, 15) is 4.79 Å². The molecule has 0 aliphatic rings. The smallest absolute Gasteiger partial charge is 0.240 e. The van der Waals surface area contributed by atoms with Gasteiger partial charge in [-0.05, 0) is 50.3 Å². The van der Waals surface area contributed by atoms with Gasteiger partial charge >= 0.3 is 0 Å². The first-order chi connectivity index (χ1) is 10.5. The third kappa shape index (κ3) is 3.65. The van der Waals surface area contributed by atoms with Gasteiger partial charge in [0.2, 0.25) is 11.1 Å². The number of carbonyl (C=O) groups excluding carboxylic acids is 1. The van der Waals surface area contributed by atoms with Gasteiger partial charge in [0.1, 0.15) is 0 Å². The maximum absolute atomic E-state index is 12.7. The number of hydrogen-bond donors (Lipinski definition) is 0. The number of nitrogens with zero attached hydrogens (tertiary/aromatic N) is 5. The van der Waals surface area contributed by atoms with Crippen LogP contribution in [0.3, 0.4) is 0 Å². The molecule has 0 fully saturated rings. The molecular formula is C15H21N5OS. The summed E-state index contributed by atoms with van der Waals surface area (Å²) in [5.74, 6) is 0.0528. The van der Waals surface area contributed by atoms with Crippen LogP contribution in [-0.4, -0.2) is 37.9 Å². The Hall–Kier alpha value is -1.89. The molecule has 1 unspecified atom stereocenters. The number of para-hydroxylation sites is 1. The minimum absolute atomic E-state index is 0.0528. The van der Waals surface area contributed by atoms with E-state index in [4.69, 9.17) is 0 Å². The second kappa shape index (κ2) is 7.40. The van der Waals surface area contributed by atoms with Crippen LogP contribution in [-0.2, 0) is 4.79 Å². The minimum atomic E-state index is -0.261. The van der Waals surface area contributed by atoms with Crippen molar-refractivity contribution in [3.63, 3.8) is 0 Å². The number of anilines is 1. The Morgan fingerprint density at radius 2 is 1.95 bits per heavy atom. The van der Waals surface area contributed by atoms with Gasteiger partial charge in [0, 0.05) is 12.2 Å². The van der Waals surface area contributed by atoms with Crippen LogP contribution in [0, 0.1) is 0 Å². The molecule has 22 heavy (non-hydrogen) atoms. The predicted molar refractivity (Wildman–Crippen MR) is 88.0 cm³/mol. The lowest BCUT2D eigenvalue weighted by atomic mass is 10.2. The predicted octanol–water partition coefficient (Wildman–Crippen LogP) is 2.79. The molecule has 0 aliphatic heterocycles. The van der Waals surface area contributed by atoms with Gasteiger partial charge in [-0.2, -0.15) is 0 Å². The largest absolute Gasteiger partial charge is 0.312 e. The number of amides is 1. The zero-order valence-electron chi connectivity index (χ0n) is 13.3. The van der Waals surface area contributed by atoms with Crippen molar-refractivity contribution < 1.29 is 4.79 Å². The highest BCUT2D eigenvalue weighted by Crippen LogP contribution is 2.25. The highest BCUT2D eigenvalue weighted by Gasteiger charge is 2.24. The number of hydrogen-bond acceptors (Lipinski definition) is 5. The number of tetrazole rings is 1. The molecule has 0 saturated heterocycles. The molecule has 6 nitrogen and oxygen atoms in total. The second-order valence-electron chi connectivity index (χ2n) is 5.18. The Labute approximate surface area is 134 Å². The standard InChI is InChI=1S/C15H21N5OS/c1-5-19(13-9-7-6-8-10-13)14(21)12(4)22-15-16-17-18-20(15)11(2)3/h6-12H,5H2,1-4H3. The van der Waals surface area contributed by atoms with Crippen LogP contribution in [0.4, 0.5) is 5.69 Å². The molecule has 0 spiro atoms. The first-order valence-corrected chi connectivity index (χ1v) is 8.23. The van der Waals surface area contributed by atoms with E-state index in [1.807, 2.05) is 58.0 Å². The van der Waals surface area contributed by atoms with E-state index in [-0.39, 0.29) is 17.2 Å². The van der Waals surface area contributed by atoms with Gasteiger partial charge in [-0.15, -0.1) is 5.10 Å². The SMILES string of the molecule is CCN(C(=O)C(C)Sc1nnnn1C(C)C)c1ccccc1. The molecule has 118 valence electrons. The maximum atomic E-state index is 12.7. The third-order valence-corrected chi connectivity index (χ3v) is 4.27. The lowest BCUT2D eigenvalue weighted by molar-refractivity contribution is -0.117. The molecule has 1 heterocycles. The summed E-state index contributed by atoms with van der Waals surface area (Å²) in [4.78, 5) is 14.5. The zero-order chi connectivity index (χ0) is 16.1. The lowest BCUT2D eigenvalue weighted by Gasteiger charge is -2.24. The lowest BCUT2D eigenvalue weighted by Crippen LogP contribution is -2.36. The molecule has 2 rings (SSSR count). The van der Waals surface area contributed by atoms with E-state index >= 15 is 0 Å². The average molecular weight is 319 g/mol. The fourth-order valence-corrected chi connectivity index (χ4v) is 3.07. The van der Waals surface area contributed by atoms with E-state index < -0.39 is 0 Å². The first-order valence-electron chi connectivity index (χ1n) is 7.35. The van der Waals surface area contributed by atoms with Crippen molar-refractivity contribution in [1.82, 2.24) is 20.2 Å². The zero-order valence-corrected chi connectivity index (χ0v) is 14.1. The number of rotatable bonds is 6. The van der Waals surface area contributed by atoms with Gasteiger partial charge in [-0.3, -0.25) is 4.79 Å². The number of benzene rings is 1. The summed E-state index contributed by atoms with van der Waals surface area (Å²) in [5.41, 5.74) is 0.908. The molecule has 1 atom stereocenters. The van der Waals surface area contributed by atoms with Gasteiger partial charge in [0.05, 0.1) is 11.3 Å². The molecule has 2 aromatic rings. The normalized spacial score (nSPS) is 12.4. The van der Waals surface area contributed by atoms with Gasteiger partial charge < -0.3 is 4.90 Å². The number of thioether (sulfide) groups is 1. The van der Waals surface area contributed by atoms with E-state index in [1.165, 1.54) is 11.8 Å². The van der Waals surface area contributed by atoms with Crippen molar-refractivity contribution in [2.45, 2.75) is 44.1 Å². The Bertz CT molecular complexity index is 613. The van der Waals surface area contributed by atoms with Gasteiger partial charge in [0.25, 0.3) is 0 Å². The maximum Gasteiger partial charge on any atom is 0.240 e. The molecular weight excluding hydrogens is 298 g/mol. The van der Waals surface area contributed by atoms with Crippen LogP contribution >= 0.6 is 11.8 Å². The summed E-state index contributed by atoms with van der Waals surface area (Å²) in [6.07, 6.45) is 0. The van der Waals surface area contributed by atoms with Gasteiger partial charge in [-0.25, -0.2) is 4.68 Å². The monoisotopic (exact) mass is 319 g/mol. The summed E-state index contributed by atoms with van der Waals surface area (Å²) >= 11 is 1.39. The Balaban J connectivity index is 2.12. The molecule has 0 radical (unpaired) electrons. The van der Waals surface area contributed by atoms with Gasteiger partial charge in [0.15, 0.2) is 0 Å². The third-order valence-electron chi connectivity index (χ3n) is 3.23. The molecule has 7 heteroatoms. The van der Waals surface area contributed by atoms with Crippen molar-refractivity contribution in [2.24, 2.45) is 0 Å². The molecule has 0 saturated carbocycles. The second-order valence-corrected chi connectivity index (χ2v) is 6.49. The van der Waals surface area contributed by atoms with Crippen LogP contribution in [0.2, 0.25) is 0 Å². The van der Waals surface area contributed by atoms with Crippen molar-refractivity contribution in [1.29, 1.82) is 0 Å². The van der Waals surface area contributed by atoms with Crippen LogP contribution in [0.5, 0.6) is 0 Å². The van der Waals surface area contributed by atoms with E-state index in [2.05, 4.69) is 15.5 Å². The number of carbonyl (C=O) groups is 1. The molecule has 1 aromatic heterocycles. The summed E-state index contributed by atoms with van der Waals surface area (Å²) in [5, 5.41) is 12.1. The highest BCUT2D eigenvalue weighted by atomic mass is 32.2. The van der Waals surface area contributed by atoms with E-state index in [0.717, 1.165) is 5.69 Å². The molecule has 1 aromatic carbocycles. The summed E-state index contributed by atoms with van der Waals surface area (Å²) in [7, 11) is 0. The van der Waals surface area contributed by atoms with Crippen LogP contribution in [0.1, 0.15) is 33.7 Å². The van der Waals surface area contributed by atoms with E-state index in [0.29, 0.717) is 11.7 Å². The minimum Gasteiger partial charge on any atom is -0.312 e. The van der Waals surface area contributed by atoms with E-state index in [1.54, 1.807) is 9.58 Å². The summed E-state index contributed by atoms with van der Waals surface area (Å²) in [6.45, 7) is 8.51. The van der Waals surface area contributed by atoms with Gasteiger partial charge in [-0.1, -0.05) is 30.0 Å². The topological polar surface area (TPSA) is 63.9 Å². The average Bonchev–Trinajstić information content (AvgIpc) is 2.97. The summed E-state index contributed by atoms with van der Waals surface area (Å²) in [6, 6.07) is 9.85. The molecule has 0 aliphatic carbocycles. The quantitative estimate of drug-likeness (QED) is 0.766. The number of aromatic nitrogens is 4. The first kappa shape index (κ1) is 16.5. The molecule has 1 amide bonds. The Kier molecular flexibility index (Phi) is 5.54. The van der Waals surface area contributed by atoms with Crippen molar-refractivity contribution in [2.75, 3.05) is 11.4 Å². The van der Waals surface area contributed by atoms with Crippen LogP contribution in [0.15, 0.2) is 35.5 Å². The van der Waals surface area contributed by atoms with Crippen molar-refractivity contribution in [3.8, 4) is 0 Å². The fraction of sp³-hybridized carbons (Fsp3) is 0.467. The Morgan fingerprint density at radius 1 is 1.27 bits per heavy atom. The van der Waals surface area contributed by atoms with Crippen molar-refractivity contribution >= 4 is 23.4 Å². The molecule has 0 N–H and O–H groups in total.